The highest BCUT2D eigenvalue weighted by Gasteiger charge is 2.41. The maximum Gasteiger partial charge on any atom is 0.241 e. The van der Waals surface area contributed by atoms with Gasteiger partial charge in [-0.05, 0) is 31.0 Å². The van der Waals surface area contributed by atoms with Gasteiger partial charge in [-0.25, -0.2) is 12.8 Å². The Morgan fingerprint density at radius 3 is 2.45 bits per heavy atom. The minimum atomic E-state index is -3.98. The molecule has 0 bridgehead atoms. The Morgan fingerprint density at radius 2 is 1.90 bits per heavy atom. The van der Waals surface area contributed by atoms with E-state index in [1.807, 2.05) is 0 Å². The molecule has 2 rings (SSSR count). The van der Waals surface area contributed by atoms with E-state index in [9.17, 15) is 17.6 Å². The number of hydrogen-bond donors (Lipinski definition) is 2. The molecule has 1 saturated carbocycles. The molecule has 0 spiro atoms. The molecule has 1 aromatic rings. The highest BCUT2D eigenvalue weighted by Crippen LogP contribution is 2.29. The van der Waals surface area contributed by atoms with Gasteiger partial charge in [0.15, 0.2) is 0 Å². The van der Waals surface area contributed by atoms with Crippen molar-refractivity contribution in [1.82, 2.24) is 4.72 Å². The molecule has 0 unspecified atom stereocenters. The van der Waals surface area contributed by atoms with Crippen LogP contribution >= 0.6 is 0 Å². The zero-order valence-corrected chi connectivity index (χ0v) is 11.7. The molecular weight excluding hydrogens is 283 g/mol. The molecule has 0 aromatic heterocycles. The number of nitrogens with two attached hydrogens (primary N) is 1. The van der Waals surface area contributed by atoms with Crippen LogP contribution in [0.4, 0.5) is 4.39 Å². The topological polar surface area (TPSA) is 89.3 Å². The van der Waals surface area contributed by atoms with Crippen LogP contribution in [0.5, 0.6) is 0 Å². The van der Waals surface area contributed by atoms with E-state index in [0.29, 0.717) is 12.8 Å². The first-order valence-corrected chi connectivity index (χ1v) is 7.94. The molecule has 1 amide bonds. The molecule has 5 nitrogen and oxygen atoms in total. The maximum absolute atomic E-state index is 13.1. The zero-order valence-electron chi connectivity index (χ0n) is 10.9. The standard InChI is InChI=1S/C13H17FN2O3S/c14-10-5-4-6-11(9-10)20(18,19)16-13(12(15)17)7-2-1-3-8-13/h4-6,9,16H,1-3,7-8H2,(H2,15,17). The van der Waals surface area contributed by atoms with Crippen molar-refractivity contribution in [3.8, 4) is 0 Å². The third-order valence-electron chi connectivity index (χ3n) is 3.61. The molecule has 20 heavy (non-hydrogen) atoms. The molecular formula is C13H17FN2O3S. The number of sulfonamides is 1. The van der Waals surface area contributed by atoms with E-state index in [1.54, 1.807) is 0 Å². The number of benzene rings is 1. The second kappa shape index (κ2) is 5.49. The van der Waals surface area contributed by atoms with Crippen molar-refractivity contribution in [3.05, 3.63) is 30.1 Å². The lowest BCUT2D eigenvalue weighted by atomic mass is 9.82. The molecule has 3 N–H and O–H groups in total. The van der Waals surface area contributed by atoms with Crippen LogP contribution in [-0.4, -0.2) is 19.9 Å². The van der Waals surface area contributed by atoms with Crippen LogP contribution in [0.3, 0.4) is 0 Å². The summed E-state index contributed by atoms with van der Waals surface area (Å²) >= 11 is 0. The van der Waals surface area contributed by atoms with Gasteiger partial charge in [0, 0.05) is 0 Å². The number of halogens is 1. The van der Waals surface area contributed by atoms with Gasteiger partial charge in [-0.1, -0.05) is 25.3 Å². The summed E-state index contributed by atoms with van der Waals surface area (Å²) in [7, 11) is -3.98. The Morgan fingerprint density at radius 1 is 1.25 bits per heavy atom. The van der Waals surface area contributed by atoms with Crippen molar-refractivity contribution < 1.29 is 17.6 Å². The van der Waals surface area contributed by atoms with Gasteiger partial charge in [0.25, 0.3) is 0 Å². The molecule has 1 aliphatic carbocycles. The van der Waals surface area contributed by atoms with Crippen molar-refractivity contribution >= 4 is 15.9 Å². The van der Waals surface area contributed by atoms with E-state index in [-0.39, 0.29) is 4.90 Å². The normalized spacial score (nSPS) is 18.6. The third-order valence-corrected chi connectivity index (χ3v) is 5.15. The number of amides is 1. The first-order valence-electron chi connectivity index (χ1n) is 6.45. The van der Waals surface area contributed by atoms with Gasteiger partial charge < -0.3 is 5.73 Å². The van der Waals surface area contributed by atoms with Gasteiger partial charge in [0.05, 0.1) is 4.90 Å². The number of carbonyl (C=O) groups is 1. The molecule has 0 saturated heterocycles. The van der Waals surface area contributed by atoms with E-state index in [0.717, 1.165) is 31.4 Å². The summed E-state index contributed by atoms with van der Waals surface area (Å²) in [5, 5.41) is 0. The fourth-order valence-corrected chi connectivity index (χ4v) is 3.97. The van der Waals surface area contributed by atoms with E-state index in [2.05, 4.69) is 4.72 Å². The second-order valence-corrected chi connectivity index (χ2v) is 6.75. The average molecular weight is 300 g/mol. The maximum atomic E-state index is 13.1. The number of hydrogen-bond acceptors (Lipinski definition) is 3. The number of nitrogens with one attached hydrogen (secondary N) is 1. The molecule has 0 atom stereocenters. The van der Waals surface area contributed by atoms with Crippen molar-refractivity contribution in [3.63, 3.8) is 0 Å². The Kier molecular flexibility index (Phi) is 4.10. The minimum absolute atomic E-state index is 0.205. The molecule has 0 heterocycles. The fraction of sp³-hybridized carbons (Fsp3) is 0.462. The summed E-state index contributed by atoms with van der Waals surface area (Å²) in [5.41, 5.74) is 4.12. The summed E-state index contributed by atoms with van der Waals surface area (Å²) in [6, 6.07) is 4.66. The lowest BCUT2D eigenvalue weighted by Gasteiger charge is -2.34. The molecule has 1 aromatic carbocycles. The highest BCUT2D eigenvalue weighted by molar-refractivity contribution is 7.89. The monoisotopic (exact) mass is 300 g/mol. The zero-order chi connectivity index (χ0) is 14.8. The van der Waals surface area contributed by atoms with Crippen LogP contribution in [0.1, 0.15) is 32.1 Å². The quantitative estimate of drug-likeness (QED) is 0.878. The first-order chi connectivity index (χ1) is 9.36. The summed E-state index contributed by atoms with van der Waals surface area (Å²) in [4.78, 5) is 11.5. The van der Waals surface area contributed by atoms with Crippen molar-refractivity contribution in [1.29, 1.82) is 0 Å². The molecule has 110 valence electrons. The second-order valence-electron chi connectivity index (χ2n) is 5.07. The summed E-state index contributed by atoms with van der Waals surface area (Å²) in [6.45, 7) is 0. The van der Waals surface area contributed by atoms with Gasteiger partial charge in [-0.3, -0.25) is 4.79 Å². The smallest absolute Gasteiger partial charge is 0.241 e. The lowest BCUT2D eigenvalue weighted by molar-refractivity contribution is -0.124. The van der Waals surface area contributed by atoms with E-state index < -0.39 is 27.3 Å². The molecule has 7 heteroatoms. The Bertz CT molecular complexity index is 610. The molecule has 1 aliphatic rings. The Hall–Kier alpha value is -1.47. The van der Waals surface area contributed by atoms with Gasteiger partial charge in [-0.2, -0.15) is 4.72 Å². The Balaban J connectivity index is 2.32. The SMILES string of the molecule is NC(=O)C1(NS(=O)(=O)c2cccc(F)c2)CCCCC1. The van der Waals surface area contributed by atoms with Crippen molar-refractivity contribution in [2.45, 2.75) is 42.5 Å². The first kappa shape index (κ1) is 14.9. The molecule has 0 radical (unpaired) electrons. The fourth-order valence-electron chi connectivity index (χ4n) is 2.50. The van der Waals surface area contributed by atoms with E-state index >= 15 is 0 Å². The van der Waals surface area contributed by atoms with Gasteiger partial charge >= 0.3 is 0 Å². The minimum Gasteiger partial charge on any atom is -0.368 e. The van der Waals surface area contributed by atoms with E-state index in [4.69, 9.17) is 5.73 Å². The number of rotatable bonds is 4. The van der Waals surface area contributed by atoms with Crippen molar-refractivity contribution in [2.24, 2.45) is 5.73 Å². The molecule has 0 aliphatic heterocycles. The van der Waals surface area contributed by atoms with Crippen molar-refractivity contribution in [2.75, 3.05) is 0 Å². The number of primary amides is 1. The van der Waals surface area contributed by atoms with Crippen LogP contribution in [0, 0.1) is 5.82 Å². The van der Waals surface area contributed by atoms with Crippen LogP contribution in [0.2, 0.25) is 0 Å². The average Bonchev–Trinajstić information content (AvgIpc) is 2.39. The summed E-state index contributed by atoms with van der Waals surface area (Å²) in [5.74, 6) is -1.33. The molecule has 1 fully saturated rings. The lowest BCUT2D eigenvalue weighted by Crippen LogP contribution is -2.58. The van der Waals surface area contributed by atoms with Gasteiger partial charge in [-0.15, -0.1) is 0 Å². The third kappa shape index (κ3) is 2.99. The van der Waals surface area contributed by atoms with Crippen LogP contribution in [0.15, 0.2) is 29.2 Å². The van der Waals surface area contributed by atoms with Crippen LogP contribution < -0.4 is 10.5 Å². The number of carbonyl (C=O) groups excluding carboxylic acids is 1. The summed E-state index contributed by atoms with van der Waals surface area (Å²) < 4.78 is 40.1. The Labute approximate surface area is 117 Å². The predicted octanol–water partition coefficient (Wildman–Crippen LogP) is 1.29. The van der Waals surface area contributed by atoms with E-state index in [1.165, 1.54) is 12.1 Å². The van der Waals surface area contributed by atoms with Crippen LogP contribution in [0.25, 0.3) is 0 Å². The highest BCUT2D eigenvalue weighted by atomic mass is 32.2. The largest absolute Gasteiger partial charge is 0.368 e. The predicted molar refractivity (Wildman–Crippen MR) is 71.7 cm³/mol. The summed E-state index contributed by atoms with van der Waals surface area (Å²) in [6.07, 6.45) is 3.15. The van der Waals surface area contributed by atoms with Gasteiger partial charge in [0.1, 0.15) is 11.4 Å². The van der Waals surface area contributed by atoms with Crippen LogP contribution in [-0.2, 0) is 14.8 Å². The van der Waals surface area contributed by atoms with Gasteiger partial charge in [0.2, 0.25) is 15.9 Å².